The number of rotatable bonds is 2. The molecule has 0 N–H and O–H groups in total. The van der Waals surface area contributed by atoms with E-state index in [0.29, 0.717) is 6.54 Å². The fourth-order valence-electron chi connectivity index (χ4n) is 0.807. The number of nitrogens with zero attached hydrogens (tertiary/aromatic N) is 1. The highest BCUT2D eigenvalue weighted by Gasteiger charge is 2.28. The van der Waals surface area contributed by atoms with Crippen molar-refractivity contribution < 1.29 is 8.42 Å². The van der Waals surface area contributed by atoms with Crippen molar-refractivity contribution in [1.29, 1.82) is 0 Å². The Morgan fingerprint density at radius 2 is 2.11 bits per heavy atom. The fourth-order valence-corrected chi connectivity index (χ4v) is 2.05. The Kier molecular flexibility index (Phi) is 1.59. The monoisotopic (exact) mass is 147 g/mol. The van der Waals surface area contributed by atoms with E-state index >= 15 is 0 Å². The van der Waals surface area contributed by atoms with E-state index in [2.05, 4.69) is 6.58 Å². The highest BCUT2D eigenvalue weighted by molar-refractivity contribution is 7.92. The largest absolute Gasteiger partial charge is 0.272 e. The van der Waals surface area contributed by atoms with E-state index in [9.17, 15) is 8.42 Å². The van der Waals surface area contributed by atoms with Crippen LogP contribution in [0.3, 0.4) is 0 Å². The second-order valence-corrected chi connectivity index (χ2v) is 4.15. The summed E-state index contributed by atoms with van der Waals surface area (Å²) < 4.78 is 21.0. The van der Waals surface area contributed by atoms with Gasteiger partial charge in [0.05, 0.1) is 0 Å². The molecule has 0 spiro atoms. The summed E-state index contributed by atoms with van der Waals surface area (Å²) >= 11 is 0. The highest BCUT2D eigenvalue weighted by Crippen LogP contribution is 2.09. The molecule has 1 aliphatic heterocycles. The summed E-state index contributed by atoms with van der Waals surface area (Å²) in [6.07, 6.45) is 1.70. The maximum atomic E-state index is 10.5. The predicted molar refractivity (Wildman–Crippen MR) is 35.6 cm³/mol. The van der Waals surface area contributed by atoms with Crippen LogP contribution in [-0.4, -0.2) is 31.6 Å². The van der Waals surface area contributed by atoms with E-state index in [-0.39, 0.29) is 11.8 Å². The zero-order chi connectivity index (χ0) is 6.91. The maximum Gasteiger partial charge on any atom is 0.176 e. The molecule has 0 aromatic carbocycles. The zero-order valence-electron chi connectivity index (χ0n) is 5.08. The molecule has 52 valence electrons. The van der Waals surface area contributed by atoms with E-state index in [0.717, 1.165) is 0 Å². The van der Waals surface area contributed by atoms with Crippen LogP contribution in [0.15, 0.2) is 12.7 Å². The Morgan fingerprint density at radius 3 is 2.44 bits per heavy atom. The van der Waals surface area contributed by atoms with Crippen molar-refractivity contribution in [2.75, 3.05) is 18.3 Å². The average molecular weight is 147 g/mol. The standard InChI is InChI=1S/C5H9NO2S/c1-2-3-6-4-9(7,8)5-6/h2H,1,3-5H2. The molecule has 0 aromatic rings. The molecule has 9 heavy (non-hydrogen) atoms. The van der Waals surface area contributed by atoms with E-state index in [4.69, 9.17) is 0 Å². The first kappa shape index (κ1) is 6.77. The molecule has 0 saturated carbocycles. The topological polar surface area (TPSA) is 37.4 Å². The van der Waals surface area contributed by atoms with E-state index < -0.39 is 9.84 Å². The summed E-state index contributed by atoms with van der Waals surface area (Å²) in [6.45, 7) is 4.17. The normalized spacial score (nSPS) is 24.9. The van der Waals surface area contributed by atoms with Gasteiger partial charge < -0.3 is 0 Å². The lowest BCUT2D eigenvalue weighted by molar-refractivity contribution is 0.348. The maximum absolute atomic E-state index is 10.5. The van der Waals surface area contributed by atoms with Crippen LogP contribution in [0.5, 0.6) is 0 Å². The molecule has 3 nitrogen and oxygen atoms in total. The molecule has 1 heterocycles. The van der Waals surface area contributed by atoms with Crippen molar-refractivity contribution in [2.45, 2.75) is 0 Å². The number of sulfone groups is 1. The van der Waals surface area contributed by atoms with Gasteiger partial charge in [-0.15, -0.1) is 6.58 Å². The van der Waals surface area contributed by atoms with Crippen LogP contribution in [0.25, 0.3) is 0 Å². The molecule has 1 fully saturated rings. The van der Waals surface area contributed by atoms with Crippen molar-refractivity contribution >= 4 is 9.84 Å². The third kappa shape index (κ3) is 1.53. The molecule has 1 aliphatic rings. The molecule has 0 amide bonds. The van der Waals surface area contributed by atoms with Gasteiger partial charge >= 0.3 is 0 Å². The minimum absolute atomic E-state index is 0.207. The molecule has 1 saturated heterocycles. The van der Waals surface area contributed by atoms with Crippen molar-refractivity contribution in [3.05, 3.63) is 12.7 Å². The lowest BCUT2D eigenvalue weighted by Gasteiger charge is -2.28. The first-order valence-corrected chi connectivity index (χ1v) is 4.50. The van der Waals surface area contributed by atoms with Crippen LogP contribution in [-0.2, 0) is 9.84 Å². The van der Waals surface area contributed by atoms with Gasteiger partial charge in [-0.3, -0.25) is 4.90 Å². The van der Waals surface area contributed by atoms with Crippen molar-refractivity contribution in [3.8, 4) is 0 Å². The smallest absolute Gasteiger partial charge is 0.176 e. The van der Waals surface area contributed by atoms with Crippen LogP contribution in [0.1, 0.15) is 0 Å². The molecule has 4 heteroatoms. The Bertz CT molecular complexity index is 195. The predicted octanol–water partition coefficient (Wildman–Crippen LogP) is -0.182. The van der Waals surface area contributed by atoms with Crippen molar-refractivity contribution in [3.63, 3.8) is 0 Å². The molecule has 0 atom stereocenters. The van der Waals surface area contributed by atoms with Crippen molar-refractivity contribution in [1.82, 2.24) is 4.90 Å². The first-order valence-electron chi connectivity index (χ1n) is 2.68. The zero-order valence-corrected chi connectivity index (χ0v) is 5.89. The Morgan fingerprint density at radius 1 is 1.56 bits per heavy atom. The third-order valence-corrected chi connectivity index (χ3v) is 2.66. The fraction of sp³-hybridized carbons (Fsp3) is 0.600. The van der Waals surface area contributed by atoms with Gasteiger partial charge in [-0.05, 0) is 0 Å². The van der Waals surface area contributed by atoms with Gasteiger partial charge in [0.25, 0.3) is 0 Å². The minimum Gasteiger partial charge on any atom is -0.272 e. The molecular weight excluding hydrogens is 138 g/mol. The Balaban J connectivity index is 2.35. The molecule has 1 rings (SSSR count). The van der Waals surface area contributed by atoms with E-state index in [1.165, 1.54) is 0 Å². The van der Waals surface area contributed by atoms with Crippen LogP contribution in [0, 0.1) is 0 Å². The molecule has 0 bridgehead atoms. The van der Waals surface area contributed by atoms with Gasteiger partial charge in [-0.1, -0.05) is 6.08 Å². The summed E-state index contributed by atoms with van der Waals surface area (Å²) in [6, 6.07) is 0. The lowest BCUT2D eigenvalue weighted by atomic mass is 10.6. The summed E-state index contributed by atoms with van der Waals surface area (Å²) in [4.78, 5) is 1.81. The average Bonchev–Trinajstić information content (AvgIpc) is 1.62. The molecule has 0 aromatic heterocycles. The van der Waals surface area contributed by atoms with Gasteiger partial charge in [0, 0.05) is 6.54 Å². The quantitative estimate of drug-likeness (QED) is 0.508. The van der Waals surface area contributed by atoms with Crippen LogP contribution < -0.4 is 0 Å². The molecular formula is C5H9NO2S. The lowest BCUT2D eigenvalue weighted by Crippen LogP contribution is -2.46. The number of hydrogen-bond donors (Lipinski definition) is 0. The van der Waals surface area contributed by atoms with E-state index in [1.807, 2.05) is 4.90 Å². The summed E-state index contributed by atoms with van der Waals surface area (Å²) in [7, 11) is -2.67. The molecule has 0 radical (unpaired) electrons. The summed E-state index contributed by atoms with van der Waals surface area (Å²) in [5.74, 6) is 0.415. The highest BCUT2D eigenvalue weighted by atomic mass is 32.2. The molecule has 0 unspecified atom stereocenters. The second kappa shape index (κ2) is 2.11. The van der Waals surface area contributed by atoms with Gasteiger partial charge in [-0.2, -0.15) is 0 Å². The van der Waals surface area contributed by atoms with E-state index in [1.54, 1.807) is 6.08 Å². The minimum atomic E-state index is -2.67. The van der Waals surface area contributed by atoms with Crippen LogP contribution >= 0.6 is 0 Å². The Labute approximate surface area is 54.9 Å². The third-order valence-electron chi connectivity index (χ3n) is 1.15. The van der Waals surface area contributed by atoms with Crippen LogP contribution in [0.2, 0.25) is 0 Å². The second-order valence-electron chi connectivity index (χ2n) is 2.14. The Hall–Kier alpha value is -0.350. The van der Waals surface area contributed by atoms with Gasteiger partial charge in [0.15, 0.2) is 9.84 Å². The van der Waals surface area contributed by atoms with Crippen molar-refractivity contribution in [2.24, 2.45) is 0 Å². The SMILES string of the molecule is C=CCN1CS(=O)(=O)C1. The summed E-state index contributed by atoms with van der Waals surface area (Å²) in [5.41, 5.74) is 0. The van der Waals surface area contributed by atoms with Gasteiger partial charge in [0.2, 0.25) is 0 Å². The van der Waals surface area contributed by atoms with Gasteiger partial charge in [0.1, 0.15) is 11.8 Å². The summed E-state index contributed by atoms with van der Waals surface area (Å²) in [5, 5.41) is 0. The van der Waals surface area contributed by atoms with Crippen LogP contribution in [0.4, 0.5) is 0 Å². The molecule has 0 aliphatic carbocycles. The number of hydrogen-bond acceptors (Lipinski definition) is 3. The first-order chi connectivity index (χ1) is 4.14. The van der Waals surface area contributed by atoms with Gasteiger partial charge in [-0.25, -0.2) is 8.42 Å².